The van der Waals surface area contributed by atoms with E-state index in [1.165, 1.54) is 22.3 Å². The van der Waals surface area contributed by atoms with Crippen LogP contribution in [0.15, 0.2) is 47.1 Å². The minimum absolute atomic E-state index is 0.562. The standard InChI is InChI=1S/C30H46O2/c1-25(2)15-11-17-27(5)19-13-23-29(7,31)21-9-10-22-30(8,32)24-14-20-28(6)18-12-16-26(3)4/h16,19-20,31-32H,1,11-15,17-18,23-24H2,2-8H3/b27-19+,28-20+. The van der Waals surface area contributed by atoms with Crippen LogP contribution in [0.4, 0.5) is 0 Å². The summed E-state index contributed by atoms with van der Waals surface area (Å²) in [7, 11) is 0. The molecular formula is C30H46O2. The van der Waals surface area contributed by atoms with Gasteiger partial charge in [-0.3, -0.25) is 0 Å². The molecule has 2 nitrogen and oxygen atoms in total. The van der Waals surface area contributed by atoms with Crippen molar-refractivity contribution in [3.05, 3.63) is 47.1 Å². The number of hydrogen-bond acceptors (Lipinski definition) is 2. The summed E-state index contributed by atoms with van der Waals surface area (Å²) in [6, 6.07) is 0. The highest BCUT2D eigenvalue weighted by atomic mass is 16.3. The van der Waals surface area contributed by atoms with E-state index >= 15 is 0 Å². The number of allylic oxidation sites excluding steroid dienone is 7. The molecule has 0 aromatic carbocycles. The molecule has 0 aliphatic heterocycles. The van der Waals surface area contributed by atoms with Gasteiger partial charge in [0.15, 0.2) is 0 Å². The topological polar surface area (TPSA) is 40.5 Å². The highest BCUT2D eigenvalue weighted by molar-refractivity contribution is 5.32. The minimum atomic E-state index is -1.08. The van der Waals surface area contributed by atoms with Crippen LogP contribution in [0.1, 0.15) is 106 Å². The van der Waals surface area contributed by atoms with Crippen molar-refractivity contribution in [1.29, 1.82) is 0 Å². The van der Waals surface area contributed by atoms with Crippen molar-refractivity contribution in [2.45, 2.75) is 117 Å². The van der Waals surface area contributed by atoms with Crippen molar-refractivity contribution >= 4 is 0 Å². The van der Waals surface area contributed by atoms with Gasteiger partial charge < -0.3 is 10.2 Å². The Kier molecular flexibility index (Phi) is 14.8. The average molecular weight is 439 g/mol. The maximum Gasteiger partial charge on any atom is 0.124 e. The molecule has 0 heterocycles. The highest BCUT2D eigenvalue weighted by Gasteiger charge is 2.16. The first kappa shape index (κ1) is 30.0. The molecule has 2 N–H and O–H groups in total. The first-order valence-electron chi connectivity index (χ1n) is 11.9. The van der Waals surface area contributed by atoms with Crippen molar-refractivity contribution in [3.8, 4) is 23.7 Å². The lowest BCUT2D eigenvalue weighted by atomic mass is 9.98. The predicted molar refractivity (Wildman–Crippen MR) is 140 cm³/mol. The highest BCUT2D eigenvalue weighted by Crippen LogP contribution is 2.16. The Balaban J connectivity index is 4.53. The van der Waals surface area contributed by atoms with Crippen LogP contribution in [0.5, 0.6) is 0 Å². The van der Waals surface area contributed by atoms with Gasteiger partial charge >= 0.3 is 0 Å². The Hall–Kier alpha value is -2.00. The van der Waals surface area contributed by atoms with Gasteiger partial charge in [0.25, 0.3) is 0 Å². The Morgan fingerprint density at radius 1 is 0.719 bits per heavy atom. The molecule has 2 unspecified atom stereocenters. The quantitative estimate of drug-likeness (QED) is 0.232. The van der Waals surface area contributed by atoms with Crippen molar-refractivity contribution in [1.82, 2.24) is 0 Å². The van der Waals surface area contributed by atoms with Gasteiger partial charge in [-0.1, -0.05) is 52.4 Å². The van der Waals surface area contributed by atoms with E-state index in [0.717, 1.165) is 44.9 Å². The molecule has 0 bridgehead atoms. The Labute approximate surface area is 198 Å². The fourth-order valence-electron chi connectivity index (χ4n) is 3.12. The molecule has 0 fully saturated rings. The number of aliphatic hydroxyl groups is 2. The fourth-order valence-corrected chi connectivity index (χ4v) is 3.12. The van der Waals surface area contributed by atoms with Crippen LogP contribution in [-0.4, -0.2) is 21.4 Å². The average Bonchev–Trinajstić information content (AvgIpc) is 2.64. The van der Waals surface area contributed by atoms with Crippen LogP contribution >= 0.6 is 0 Å². The van der Waals surface area contributed by atoms with E-state index in [1.807, 2.05) is 0 Å². The summed E-state index contributed by atoms with van der Waals surface area (Å²) in [5, 5.41) is 20.9. The van der Waals surface area contributed by atoms with Gasteiger partial charge in [0.05, 0.1) is 0 Å². The van der Waals surface area contributed by atoms with E-state index in [4.69, 9.17) is 0 Å². The zero-order valence-corrected chi connectivity index (χ0v) is 21.7. The lowest BCUT2D eigenvalue weighted by Crippen LogP contribution is -2.21. The first-order valence-corrected chi connectivity index (χ1v) is 11.9. The van der Waals surface area contributed by atoms with Crippen LogP contribution in [0.25, 0.3) is 0 Å². The monoisotopic (exact) mass is 438 g/mol. The molecular weight excluding hydrogens is 392 g/mol. The third-order valence-electron chi connectivity index (χ3n) is 5.24. The van der Waals surface area contributed by atoms with Gasteiger partial charge in [-0.15, -0.1) is 6.58 Å². The molecule has 178 valence electrons. The summed E-state index contributed by atoms with van der Waals surface area (Å²) < 4.78 is 0. The van der Waals surface area contributed by atoms with Crippen LogP contribution < -0.4 is 0 Å². The molecule has 2 atom stereocenters. The Morgan fingerprint density at radius 3 is 1.62 bits per heavy atom. The van der Waals surface area contributed by atoms with Crippen LogP contribution in [0.3, 0.4) is 0 Å². The summed E-state index contributed by atoms with van der Waals surface area (Å²) in [6.45, 7) is 17.9. The van der Waals surface area contributed by atoms with E-state index in [-0.39, 0.29) is 0 Å². The smallest absolute Gasteiger partial charge is 0.124 e. The van der Waals surface area contributed by atoms with Gasteiger partial charge in [-0.05, 0) is 118 Å². The molecule has 32 heavy (non-hydrogen) atoms. The van der Waals surface area contributed by atoms with Gasteiger partial charge in [0.1, 0.15) is 11.2 Å². The summed E-state index contributed by atoms with van der Waals surface area (Å²) in [4.78, 5) is 0. The van der Waals surface area contributed by atoms with E-state index in [2.05, 4.69) is 83.1 Å². The normalized spacial score (nSPS) is 15.4. The molecule has 0 aliphatic carbocycles. The van der Waals surface area contributed by atoms with Crippen molar-refractivity contribution in [2.24, 2.45) is 0 Å². The van der Waals surface area contributed by atoms with E-state index in [9.17, 15) is 10.2 Å². The fraction of sp³-hybridized carbons (Fsp3) is 0.600. The first-order chi connectivity index (χ1) is 14.8. The van der Waals surface area contributed by atoms with Crippen LogP contribution in [0, 0.1) is 23.7 Å². The molecule has 0 aromatic heterocycles. The zero-order chi connectivity index (χ0) is 24.6. The molecule has 0 rings (SSSR count). The summed E-state index contributed by atoms with van der Waals surface area (Å²) >= 11 is 0. The van der Waals surface area contributed by atoms with Crippen molar-refractivity contribution in [2.75, 3.05) is 0 Å². The lowest BCUT2D eigenvalue weighted by molar-refractivity contribution is 0.112. The van der Waals surface area contributed by atoms with Gasteiger partial charge in [-0.2, -0.15) is 0 Å². The van der Waals surface area contributed by atoms with Gasteiger partial charge in [0.2, 0.25) is 0 Å². The van der Waals surface area contributed by atoms with E-state index in [1.54, 1.807) is 13.8 Å². The largest absolute Gasteiger partial charge is 0.378 e. The van der Waals surface area contributed by atoms with Crippen LogP contribution in [-0.2, 0) is 0 Å². The third-order valence-corrected chi connectivity index (χ3v) is 5.24. The second kappa shape index (κ2) is 15.7. The summed E-state index contributed by atoms with van der Waals surface area (Å²) in [5.74, 6) is 11.1. The Morgan fingerprint density at radius 2 is 1.19 bits per heavy atom. The third kappa shape index (κ3) is 18.7. The SMILES string of the molecule is C=C(C)CCC/C(C)=C/CCC(C)(O)C#CC#CC(C)(O)CC/C=C(\C)CCC=C(C)C. The molecule has 0 aromatic rings. The molecule has 0 saturated heterocycles. The van der Waals surface area contributed by atoms with Crippen LogP contribution in [0.2, 0.25) is 0 Å². The molecule has 0 saturated carbocycles. The molecule has 0 aliphatic rings. The van der Waals surface area contributed by atoms with E-state index in [0.29, 0.717) is 12.8 Å². The number of rotatable bonds is 13. The molecule has 0 radical (unpaired) electrons. The predicted octanol–water partition coefficient (Wildman–Crippen LogP) is 7.44. The Bertz CT molecular complexity index is 791. The second-order valence-corrected chi connectivity index (χ2v) is 9.86. The van der Waals surface area contributed by atoms with E-state index < -0.39 is 11.2 Å². The zero-order valence-electron chi connectivity index (χ0n) is 21.7. The summed E-state index contributed by atoms with van der Waals surface area (Å²) in [6.07, 6.45) is 14.6. The molecule has 2 heteroatoms. The maximum atomic E-state index is 10.5. The number of hydrogen-bond donors (Lipinski definition) is 2. The molecule has 0 amide bonds. The minimum Gasteiger partial charge on any atom is -0.378 e. The molecule has 0 spiro atoms. The maximum absolute atomic E-state index is 10.5. The van der Waals surface area contributed by atoms with Gasteiger partial charge in [0, 0.05) is 0 Å². The van der Waals surface area contributed by atoms with Crippen molar-refractivity contribution < 1.29 is 10.2 Å². The lowest BCUT2D eigenvalue weighted by Gasteiger charge is -2.15. The van der Waals surface area contributed by atoms with Gasteiger partial charge in [-0.25, -0.2) is 0 Å². The summed E-state index contributed by atoms with van der Waals surface area (Å²) in [5.41, 5.74) is 3.07. The second-order valence-electron chi connectivity index (χ2n) is 9.86. The van der Waals surface area contributed by atoms with Crippen molar-refractivity contribution in [3.63, 3.8) is 0 Å².